The number of carbonyl (C=O) groups is 3. The molecule has 11 nitrogen and oxygen atoms in total. The Bertz CT molecular complexity index is 1130. The topological polar surface area (TPSA) is 126 Å². The minimum Gasteiger partial charge on any atom is -0.490 e. The fraction of sp³-hybridized carbons (Fsp3) is 0.591. The summed E-state index contributed by atoms with van der Waals surface area (Å²) in [5.41, 5.74) is -0.938. The van der Waals surface area contributed by atoms with Gasteiger partial charge in [-0.1, -0.05) is 0 Å². The Morgan fingerprint density at radius 2 is 1.76 bits per heavy atom. The quantitative estimate of drug-likeness (QED) is 0.590. The summed E-state index contributed by atoms with van der Waals surface area (Å²) in [4.78, 5) is 40.5. The number of ether oxygens (including phenoxy) is 2. The molecule has 0 unspecified atom stereocenters. The molecule has 1 atom stereocenters. The second-order valence-electron chi connectivity index (χ2n) is 9.24. The highest BCUT2D eigenvalue weighted by Gasteiger charge is 2.56. The highest BCUT2D eigenvalue weighted by Crippen LogP contribution is 2.42. The third-order valence-electron chi connectivity index (χ3n) is 6.94. The van der Waals surface area contributed by atoms with E-state index < -0.39 is 21.6 Å². The van der Waals surface area contributed by atoms with Gasteiger partial charge in [0.25, 0.3) is 5.91 Å². The van der Waals surface area contributed by atoms with Crippen molar-refractivity contribution >= 4 is 27.9 Å². The van der Waals surface area contributed by atoms with Gasteiger partial charge in [-0.3, -0.25) is 14.5 Å². The molecule has 0 aromatic heterocycles. The van der Waals surface area contributed by atoms with Crippen molar-refractivity contribution in [2.75, 3.05) is 45.9 Å². The zero-order valence-electron chi connectivity index (χ0n) is 19.0. The monoisotopic (exact) mass is 492 g/mol. The predicted molar refractivity (Wildman–Crippen MR) is 119 cm³/mol. The van der Waals surface area contributed by atoms with Crippen LogP contribution in [0.2, 0.25) is 0 Å². The van der Waals surface area contributed by atoms with E-state index >= 15 is 0 Å². The average Bonchev–Trinajstić information content (AvgIpc) is 3.66. The van der Waals surface area contributed by atoms with Gasteiger partial charge in [0.2, 0.25) is 15.9 Å². The zero-order chi connectivity index (χ0) is 24.1. The van der Waals surface area contributed by atoms with Gasteiger partial charge in [0, 0.05) is 38.7 Å². The number of fused-ring (bicyclic) bond motifs is 1. The predicted octanol–water partition coefficient (Wildman–Crippen LogP) is 0.401. The van der Waals surface area contributed by atoms with Crippen LogP contribution in [0, 0.1) is 5.92 Å². The maximum Gasteiger partial charge on any atom is 0.325 e. The van der Waals surface area contributed by atoms with Crippen LogP contribution < -0.4 is 14.8 Å². The number of hydrogen-bond donors (Lipinski definition) is 1. The van der Waals surface area contributed by atoms with Crippen molar-refractivity contribution in [1.29, 1.82) is 0 Å². The summed E-state index contributed by atoms with van der Waals surface area (Å²) < 4.78 is 38.8. The Balaban J connectivity index is 1.21. The fourth-order valence-corrected chi connectivity index (χ4v) is 6.10. The summed E-state index contributed by atoms with van der Waals surface area (Å²) in [5.74, 6) is 0.284. The summed E-state index contributed by atoms with van der Waals surface area (Å²) in [7, 11) is -3.78. The number of urea groups is 1. The van der Waals surface area contributed by atoms with Gasteiger partial charge in [0.05, 0.1) is 18.1 Å². The number of carbonyl (C=O) groups excluding carboxylic acids is 3. The van der Waals surface area contributed by atoms with Crippen molar-refractivity contribution in [2.45, 2.75) is 36.6 Å². The van der Waals surface area contributed by atoms with E-state index in [2.05, 4.69) is 5.32 Å². The second kappa shape index (κ2) is 8.42. The summed E-state index contributed by atoms with van der Waals surface area (Å²) >= 11 is 0. The smallest absolute Gasteiger partial charge is 0.325 e. The van der Waals surface area contributed by atoms with Gasteiger partial charge < -0.3 is 19.7 Å². The van der Waals surface area contributed by atoms with Crippen LogP contribution in [-0.2, 0) is 19.6 Å². The van der Waals surface area contributed by atoms with Gasteiger partial charge in [0.15, 0.2) is 11.5 Å². The molecule has 5 rings (SSSR count). The third-order valence-corrected chi connectivity index (χ3v) is 8.83. The minimum atomic E-state index is -3.78. The van der Waals surface area contributed by atoms with Crippen molar-refractivity contribution in [3.63, 3.8) is 0 Å². The minimum absolute atomic E-state index is 0.107. The number of piperazine rings is 1. The van der Waals surface area contributed by atoms with Crippen LogP contribution in [0.5, 0.6) is 11.5 Å². The Labute approximate surface area is 198 Å². The van der Waals surface area contributed by atoms with E-state index in [4.69, 9.17) is 9.47 Å². The summed E-state index contributed by atoms with van der Waals surface area (Å²) in [6, 6.07) is 4.01. The maximum absolute atomic E-state index is 13.2. The first kappa shape index (κ1) is 22.9. The number of imide groups is 1. The number of nitrogens with one attached hydrogen (secondary N) is 1. The fourth-order valence-electron chi connectivity index (χ4n) is 4.66. The first-order valence-corrected chi connectivity index (χ1v) is 13.0. The summed E-state index contributed by atoms with van der Waals surface area (Å²) in [6.07, 6.45) is 2.48. The molecule has 184 valence electrons. The molecular weight excluding hydrogens is 464 g/mol. The van der Waals surface area contributed by atoms with Gasteiger partial charge in [-0.15, -0.1) is 0 Å². The molecule has 12 heteroatoms. The molecule has 4 amide bonds. The molecule has 1 N–H and O–H groups in total. The van der Waals surface area contributed by atoms with Crippen molar-refractivity contribution in [3.05, 3.63) is 18.2 Å². The molecule has 0 radical (unpaired) electrons. The molecule has 3 fully saturated rings. The number of amides is 4. The van der Waals surface area contributed by atoms with Crippen molar-refractivity contribution in [3.8, 4) is 11.5 Å². The molecule has 1 aromatic carbocycles. The van der Waals surface area contributed by atoms with E-state index in [1.165, 1.54) is 21.3 Å². The molecule has 0 spiro atoms. The molecule has 3 aliphatic heterocycles. The molecule has 1 saturated carbocycles. The van der Waals surface area contributed by atoms with E-state index in [1.807, 2.05) is 0 Å². The standard InChI is InChI=1S/C22H28N4O7S/c1-22(15-3-4-15)20(28)26(21(29)23-22)14-19(27)24-7-9-25(10-8-24)34(30,31)16-5-6-17-18(13-16)33-12-2-11-32-17/h5-6,13,15H,2-4,7-12,14H2,1H3,(H,23,29)/t22-/m0/s1. The third kappa shape index (κ3) is 3.98. The van der Waals surface area contributed by atoms with E-state index in [0.29, 0.717) is 24.7 Å². The van der Waals surface area contributed by atoms with Gasteiger partial charge >= 0.3 is 6.03 Å². The lowest BCUT2D eigenvalue weighted by Crippen LogP contribution is -2.53. The highest BCUT2D eigenvalue weighted by molar-refractivity contribution is 7.89. The molecule has 4 aliphatic rings. The number of rotatable bonds is 5. The van der Waals surface area contributed by atoms with E-state index in [1.54, 1.807) is 13.0 Å². The number of benzene rings is 1. The van der Waals surface area contributed by atoms with Crippen LogP contribution in [0.25, 0.3) is 0 Å². The van der Waals surface area contributed by atoms with Crippen LogP contribution in [-0.4, -0.2) is 91.8 Å². The Morgan fingerprint density at radius 1 is 1.09 bits per heavy atom. The van der Waals surface area contributed by atoms with Crippen LogP contribution in [0.1, 0.15) is 26.2 Å². The first-order valence-electron chi connectivity index (χ1n) is 11.5. The molecule has 1 aromatic rings. The van der Waals surface area contributed by atoms with Gasteiger partial charge in [-0.2, -0.15) is 4.31 Å². The van der Waals surface area contributed by atoms with E-state index in [0.717, 1.165) is 24.2 Å². The largest absolute Gasteiger partial charge is 0.490 e. The second-order valence-corrected chi connectivity index (χ2v) is 11.2. The summed E-state index contributed by atoms with van der Waals surface area (Å²) in [5, 5.41) is 2.73. The SMILES string of the molecule is C[C@@]1(C2CC2)NC(=O)N(CC(=O)N2CCN(S(=O)(=O)c3ccc4c(c3)OCCCO4)CC2)C1=O. The Hall–Kier alpha value is -2.86. The molecule has 2 saturated heterocycles. The normalized spacial score (nSPS) is 25.8. The van der Waals surface area contributed by atoms with E-state index in [9.17, 15) is 22.8 Å². The van der Waals surface area contributed by atoms with Crippen LogP contribution in [0.3, 0.4) is 0 Å². The zero-order valence-corrected chi connectivity index (χ0v) is 19.8. The molecule has 1 aliphatic carbocycles. The van der Waals surface area contributed by atoms with Crippen LogP contribution in [0.4, 0.5) is 4.79 Å². The van der Waals surface area contributed by atoms with Crippen LogP contribution in [0.15, 0.2) is 23.1 Å². The van der Waals surface area contributed by atoms with Gasteiger partial charge in [0.1, 0.15) is 12.1 Å². The van der Waals surface area contributed by atoms with Crippen molar-refractivity contribution in [2.24, 2.45) is 5.92 Å². The Morgan fingerprint density at radius 3 is 2.44 bits per heavy atom. The van der Waals surface area contributed by atoms with Crippen molar-refractivity contribution in [1.82, 2.24) is 19.4 Å². The van der Waals surface area contributed by atoms with Gasteiger partial charge in [-0.25, -0.2) is 13.2 Å². The molecule has 3 heterocycles. The number of hydrogen-bond acceptors (Lipinski definition) is 7. The first-order chi connectivity index (χ1) is 16.2. The number of sulfonamides is 1. The maximum atomic E-state index is 13.2. The summed E-state index contributed by atoms with van der Waals surface area (Å²) in [6.45, 7) is 2.90. The lowest BCUT2D eigenvalue weighted by atomic mass is 9.96. The molecule has 34 heavy (non-hydrogen) atoms. The average molecular weight is 493 g/mol. The Kier molecular flexibility index (Phi) is 5.67. The van der Waals surface area contributed by atoms with Crippen molar-refractivity contribution < 1.29 is 32.3 Å². The lowest BCUT2D eigenvalue weighted by Gasteiger charge is -2.34. The molecular formula is C22H28N4O7S. The van der Waals surface area contributed by atoms with Gasteiger partial charge in [-0.05, 0) is 37.8 Å². The molecule has 0 bridgehead atoms. The van der Waals surface area contributed by atoms with E-state index in [-0.39, 0.29) is 55.4 Å². The highest BCUT2D eigenvalue weighted by atomic mass is 32.2. The number of nitrogens with zero attached hydrogens (tertiary/aromatic N) is 3. The van der Waals surface area contributed by atoms with Crippen LogP contribution >= 0.6 is 0 Å². The lowest BCUT2D eigenvalue weighted by molar-refractivity contribution is -0.139.